The summed E-state index contributed by atoms with van der Waals surface area (Å²) < 4.78 is 13.8. The normalized spacial score (nSPS) is 20.3. The molecule has 1 heterocycles. The summed E-state index contributed by atoms with van der Waals surface area (Å²) in [7, 11) is 1.61. The number of nitrogens with one attached hydrogen (secondary N) is 2. The van der Waals surface area contributed by atoms with Gasteiger partial charge in [-0.15, -0.1) is 0 Å². The number of hydrogen-bond donors (Lipinski definition) is 2. The second-order valence-electron chi connectivity index (χ2n) is 4.54. The molecule has 0 aliphatic carbocycles. The fourth-order valence-electron chi connectivity index (χ4n) is 2.23. The molecule has 2 rings (SSSR count). The van der Waals surface area contributed by atoms with Crippen molar-refractivity contribution in [3.63, 3.8) is 0 Å². The molecule has 1 aromatic rings. The number of piperazine rings is 1. The van der Waals surface area contributed by atoms with E-state index in [1.54, 1.807) is 19.2 Å². The standard InChI is InChI=1S/C13H17ClFN3O/c1-16-13(19)12-7-17-4-5-18(12)8-9-2-3-10(14)6-11(9)15/h2-3,6,12,17H,4-5,7-8H2,1H3,(H,16,19). The number of carbonyl (C=O) groups excluding carboxylic acids is 1. The number of hydrogen-bond acceptors (Lipinski definition) is 3. The van der Waals surface area contributed by atoms with Crippen molar-refractivity contribution in [1.29, 1.82) is 0 Å². The Morgan fingerprint density at radius 1 is 1.63 bits per heavy atom. The molecule has 2 N–H and O–H groups in total. The maximum atomic E-state index is 13.8. The molecule has 1 aliphatic rings. The number of halogens is 2. The summed E-state index contributed by atoms with van der Waals surface area (Å²) in [6, 6.07) is 4.36. The third kappa shape index (κ3) is 3.43. The van der Waals surface area contributed by atoms with Crippen molar-refractivity contribution in [2.24, 2.45) is 0 Å². The minimum Gasteiger partial charge on any atom is -0.358 e. The molecular formula is C13H17ClFN3O. The average molecular weight is 286 g/mol. The molecule has 0 bridgehead atoms. The number of likely N-dealkylation sites (N-methyl/N-ethyl adjacent to an activating group) is 1. The van der Waals surface area contributed by atoms with E-state index in [4.69, 9.17) is 11.6 Å². The Morgan fingerprint density at radius 3 is 3.11 bits per heavy atom. The molecule has 1 aromatic carbocycles. The van der Waals surface area contributed by atoms with Crippen LogP contribution >= 0.6 is 11.6 Å². The third-order valence-electron chi connectivity index (χ3n) is 3.29. The Bertz CT molecular complexity index is 469. The van der Waals surface area contributed by atoms with Gasteiger partial charge in [-0.3, -0.25) is 9.69 Å². The minimum atomic E-state index is -0.332. The van der Waals surface area contributed by atoms with Crippen molar-refractivity contribution >= 4 is 17.5 Å². The maximum Gasteiger partial charge on any atom is 0.238 e. The Kier molecular flexibility index (Phi) is 4.74. The molecule has 1 amide bonds. The van der Waals surface area contributed by atoms with Crippen molar-refractivity contribution in [1.82, 2.24) is 15.5 Å². The van der Waals surface area contributed by atoms with Gasteiger partial charge in [-0.25, -0.2) is 4.39 Å². The average Bonchev–Trinajstić information content (AvgIpc) is 2.41. The quantitative estimate of drug-likeness (QED) is 0.871. The molecule has 6 heteroatoms. The van der Waals surface area contributed by atoms with Crippen LogP contribution in [-0.2, 0) is 11.3 Å². The zero-order valence-corrected chi connectivity index (χ0v) is 11.5. The van der Waals surface area contributed by atoms with E-state index in [1.165, 1.54) is 6.07 Å². The molecular weight excluding hydrogens is 269 g/mol. The Labute approximate surface area is 116 Å². The molecule has 0 spiro atoms. The van der Waals surface area contributed by atoms with Gasteiger partial charge in [0.15, 0.2) is 0 Å². The monoisotopic (exact) mass is 285 g/mol. The summed E-state index contributed by atoms with van der Waals surface area (Å²) in [5.74, 6) is -0.386. The van der Waals surface area contributed by atoms with E-state index in [0.29, 0.717) is 30.2 Å². The van der Waals surface area contributed by atoms with Gasteiger partial charge in [0, 0.05) is 43.8 Å². The van der Waals surface area contributed by atoms with Crippen LogP contribution in [0.1, 0.15) is 5.56 Å². The minimum absolute atomic E-state index is 0.0541. The number of carbonyl (C=O) groups is 1. The first-order chi connectivity index (χ1) is 9.11. The SMILES string of the molecule is CNC(=O)C1CNCCN1Cc1ccc(Cl)cc1F. The predicted molar refractivity (Wildman–Crippen MR) is 72.5 cm³/mol. The molecule has 1 aliphatic heterocycles. The van der Waals surface area contributed by atoms with Crippen molar-refractivity contribution in [2.45, 2.75) is 12.6 Å². The van der Waals surface area contributed by atoms with Crippen LogP contribution in [0.4, 0.5) is 4.39 Å². The second-order valence-corrected chi connectivity index (χ2v) is 4.98. The van der Waals surface area contributed by atoms with Crippen LogP contribution in [0.15, 0.2) is 18.2 Å². The summed E-state index contributed by atoms with van der Waals surface area (Å²) in [5.41, 5.74) is 0.556. The van der Waals surface area contributed by atoms with Crippen LogP contribution in [0.5, 0.6) is 0 Å². The number of amides is 1. The van der Waals surface area contributed by atoms with E-state index in [-0.39, 0.29) is 17.8 Å². The Balaban J connectivity index is 2.13. The van der Waals surface area contributed by atoms with Crippen molar-refractivity contribution in [3.05, 3.63) is 34.6 Å². The van der Waals surface area contributed by atoms with Crippen LogP contribution in [0.25, 0.3) is 0 Å². The molecule has 0 radical (unpaired) electrons. The molecule has 1 saturated heterocycles. The fraction of sp³-hybridized carbons (Fsp3) is 0.462. The van der Waals surface area contributed by atoms with E-state index in [1.807, 2.05) is 4.90 Å². The van der Waals surface area contributed by atoms with E-state index < -0.39 is 0 Å². The summed E-state index contributed by atoms with van der Waals surface area (Å²) >= 11 is 5.73. The smallest absolute Gasteiger partial charge is 0.238 e. The summed E-state index contributed by atoms with van der Waals surface area (Å²) in [6.07, 6.45) is 0. The molecule has 4 nitrogen and oxygen atoms in total. The van der Waals surface area contributed by atoms with Crippen LogP contribution in [0.2, 0.25) is 5.02 Å². The molecule has 1 fully saturated rings. The highest BCUT2D eigenvalue weighted by atomic mass is 35.5. The molecule has 1 atom stereocenters. The lowest BCUT2D eigenvalue weighted by atomic mass is 10.1. The predicted octanol–water partition coefficient (Wildman–Crippen LogP) is 0.999. The van der Waals surface area contributed by atoms with Gasteiger partial charge >= 0.3 is 0 Å². The highest BCUT2D eigenvalue weighted by Crippen LogP contribution is 2.18. The van der Waals surface area contributed by atoms with Gasteiger partial charge in [-0.1, -0.05) is 17.7 Å². The summed E-state index contributed by atoms with van der Waals surface area (Å²) in [6.45, 7) is 2.49. The van der Waals surface area contributed by atoms with Crippen molar-refractivity contribution in [2.75, 3.05) is 26.7 Å². The highest BCUT2D eigenvalue weighted by Gasteiger charge is 2.28. The van der Waals surface area contributed by atoms with Gasteiger partial charge in [-0.2, -0.15) is 0 Å². The summed E-state index contributed by atoms with van der Waals surface area (Å²) in [4.78, 5) is 13.8. The number of benzene rings is 1. The van der Waals surface area contributed by atoms with E-state index in [9.17, 15) is 9.18 Å². The second kappa shape index (κ2) is 6.32. The highest BCUT2D eigenvalue weighted by molar-refractivity contribution is 6.30. The van der Waals surface area contributed by atoms with Gasteiger partial charge in [0.05, 0.1) is 0 Å². The number of nitrogens with zero attached hydrogens (tertiary/aromatic N) is 1. The molecule has 104 valence electrons. The number of rotatable bonds is 3. The topological polar surface area (TPSA) is 44.4 Å². The van der Waals surface area contributed by atoms with Crippen LogP contribution in [-0.4, -0.2) is 43.5 Å². The fourth-order valence-corrected chi connectivity index (χ4v) is 2.39. The summed E-state index contributed by atoms with van der Waals surface area (Å²) in [5, 5.41) is 6.19. The Morgan fingerprint density at radius 2 is 2.42 bits per heavy atom. The zero-order chi connectivity index (χ0) is 13.8. The van der Waals surface area contributed by atoms with Gasteiger partial charge in [0.25, 0.3) is 0 Å². The molecule has 0 saturated carbocycles. The first kappa shape index (κ1) is 14.2. The zero-order valence-electron chi connectivity index (χ0n) is 10.7. The van der Waals surface area contributed by atoms with E-state index >= 15 is 0 Å². The van der Waals surface area contributed by atoms with Gasteiger partial charge < -0.3 is 10.6 Å². The van der Waals surface area contributed by atoms with Gasteiger partial charge in [0.1, 0.15) is 11.9 Å². The lowest BCUT2D eigenvalue weighted by Crippen LogP contribution is -2.56. The van der Waals surface area contributed by atoms with Crippen LogP contribution in [0.3, 0.4) is 0 Å². The van der Waals surface area contributed by atoms with Crippen molar-refractivity contribution < 1.29 is 9.18 Å². The first-order valence-electron chi connectivity index (χ1n) is 6.22. The lowest BCUT2D eigenvalue weighted by molar-refractivity contribution is -0.126. The molecule has 0 aromatic heterocycles. The maximum absolute atomic E-state index is 13.8. The van der Waals surface area contributed by atoms with E-state index in [2.05, 4.69) is 10.6 Å². The van der Waals surface area contributed by atoms with E-state index in [0.717, 1.165) is 6.54 Å². The Hall–Kier alpha value is -1.17. The first-order valence-corrected chi connectivity index (χ1v) is 6.60. The third-order valence-corrected chi connectivity index (χ3v) is 3.53. The largest absolute Gasteiger partial charge is 0.358 e. The van der Waals surface area contributed by atoms with Crippen molar-refractivity contribution in [3.8, 4) is 0 Å². The van der Waals surface area contributed by atoms with Crippen LogP contribution in [0, 0.1) is 5.82 Å². The van der Waals surface area contributed by atoms with Gasteiger partial charge in [-0.05, 0) is 12.1 Å². The lowest BCUT2D eigenvalue weighted by Gasteiger charge is -2.34. The van der Waals surface area contributed by atoms with Crippen LogP contribution < -0.4 is 10.6 Å². The molecule has 19 heavy (non-hydrogen) atoms. The molecule has 1 unspecified atom stereocenters. The van der Waals surface area contributed by atoms with Gasteiger partial charge in [0.2, 0.25) is 5.91 Å².